The van der Waals surface area contributed by atoms with Gasteiger partial charge in [0.15, 0.2) is 0 Å². The number of H-pyrrole nitrogens is 1. The van der Waals surface area contributed by atoms with E-state index in [1.807, 2.05) is 31.2 Å². The van der Waals surface area contributed by atoms with Crippen molar-refractivity contribution in [2.45, 2.75) is 20.3 Å². The van der Waals surface area contributed by atoms with E-state index in [1.165, 1.54) is 0 Å². The molecule has 1 amide bonds. The number of carbonyl (C=O) groups excluding carboxylic acids is 1. The van der Waals surface area contributed by atoms with Gasteiger partial charge >= 0.3 is 0 Å². The number of pyridine rings is 1. The molecule has 0 aliphatic heterocycles. The van der Waals surface area contributed by atoms with Crippen molar-refractivity contribution in [1.82, 2.24) is 15.0 Å². The standard InChI is InChI=1S/C19H18N4O2/c1-12-5-3-4-6-16(12)22-17(24)11-15-13(2)21-18(23-19(15)25)14-7-9-20-10-8-14/h3-10H,11H2,1-2H3,(H,22,24)(H,21,23,25). The van der Waals surface area contributed by atoms with Gasteiger partial charge in [-0.2, -0.15) is 0 Å². The van der Waals surface area contributed by atoms with Gasteiger partial charge in [-0.25, -0.2) is 4.98 Å². The van der Waals surface area contributed by atoms with Gasteiger partial charge in [0.05, 0.1) is 6.42 Å². The molecule has 2 N–H and O–H groups in total. The highest BCUT2D eigenvalue weighted by atomic mass is 16.2. The first-order valence-electron chi connectivity index (χ1n) is 7.90. The molecule has 0 fully saturated rings. The number of benzene rings is 1. The van der Waals surface area contributed by atoms with Crippen LogP contribution in [0.15, 0.2) is 53.6 Å². The summed E-state index contributed by atoms with van der Waals surface area (Å²) < 4.78 is 0. The summed E-state index contributed by atoms with van der Waals surface area (Å²) in [4.78, 5) is 35.8. The van der Waals surface area contributed by atoms with Crippen LogP contribution in [0.25, 0.3) is 11.4 Å². The van der Waals surface area contributed by atoms with Gasteiger partial charge in [0, 0.05) is 34.9 Å². The lowest BCUT2D eigenvalue weighted by Crippen LogP contribution is -2.24. The number of rotatable bonds is 4. The van der Waals surface area contributed by atoms with E-state index in [4.69, 9.17) is 0 Å². The average Bonchev–Trinajstić information content (AvgIpc) is 2.61. The van der Waals surface area contributed by atoms with Gasteiger partial charge in [-0.3, -0.25) is 14.6 Å². The van der Waals surface area contributed by atoms with E-state index in [-0.39, 0.29) is 17.9 Å². The Labute approximate surface area is 145 Å². The van der Waals surface area contributed by atoms with Crippen LogP contribution in [0.4, 0.5) is 5.69 Å². The number of hydrogen-bond acceptors (Lipinski definition) is 4. The molecule has 6 nitrogen and oxygen atoms in total. The van der Waals surface area contributed by atoms with E-state index in [0.717, 1.165) is 16.8 Å². The number of nitrogens with zero attached hydrogens (tertiary/aromatic N) is 2. The number of anilines is 1. The molecule has 0 saturated heterocycles. The second-order valence-corrected chi connectivity index (χ2v) is 5.75. The minimum atomic E-state index is -0.306. The maximum Gasteiger partial charge on any atom is 0.255 e. The summed E-state index contributed by atoms with van der Waals surface area (Å²) in [7, 11) is 0. The lowest BCUT2D eigenvalue weighted by molar-refractivity contribution is -0.115. The van der Waals surface area contributed by atoms with Crippen molar-refractivity contribution in [3.63, 3.8) is 0 Å². The van der Waals surface area contributed by atoms with Crippen molar-refractivity contribution in [1.29, 1.82) is 0 Å². The summed E-state index contributed by atoms with van der Waals surface area (Å²) in [6.07, 6.45) is 3.24. The van der Waals surface area contributed by atoms with Gasteiger partial charge < -0.3 is 10.3 Å². The zero-order chi connectivity index (χ0) is 17.8. The Bertz CT molecular complexity index is 965. The van der Waals surface area contributed by atoms with Gasteiger partial charge in [0.25, 0.3) is 5.56 Å². The molecule has 0 unspecified atom stereocenters. The third kappa shape index (κ3) is 3.80. The summed E-state index contributed by atoms with van der Waals surface area (Å²) in [5.74, 6) is 0.217. The molecule has 126 valence electrons. The lowest BCUT2D eigenvalue weighted by Gasteiger charge is -2.10. The second-order valence-electron chi connectivity index (χ2n) is 5.75. The highest BCUT2D eigenvalue weighted by molar-refractivity contribution is 5.93. The zero-order valence-electron chi connectivity index (χ0n) is 14.0. The van der Waals surface area contributed by atoms with Crippen molar-refractivity contribution in [2.75, 3.05) is 5.32 Å². The minimum absolute atomic E-state index is 0.0286. The minimum Gasteiger partial charge on any atom is -0.326 e. The molecule has 0 aliphatic rings. The predicted octanol–water partition coefficient (Wildman–Crippen LogP) is 2.63. The summed E-state index contributed by atoms with van der Waals surface area (Å²) in [6, 6.07) is 11.0. The molecule has 2 aromatic heterocycles. The second kappa shape index (κ2) is 7.09. The first-order chi connectivity index (χ1) is 12.0. The molecule has 0 bridgehead atoms. The Kier molecular flexibility index (Phi) is 4.70. The number of carbonyl (C=O) groups is 1. The molecular weight excluding hydrogens is 316 g/mol. The van der Waals surface area contributed by atoms with E-state index in [1.54, 1.807) is 31.5 Å². The fourth-order valence-electron chi connectivity index (χ4n) is 2.53. The summed E-state index contributed by atoms with van der Waals surface area (Å²) in [5, 5.41) is 2.83. The number of hydrogen-bond donors (Lipinski definition) is 2. The number of aromatic amines is 1. The molecule has 1 aromatic carbocycles. The van der Waals surface area contributed by atoms with Crippen molar-refractivity contribution in [2.24, 2.45) is 0 Å². The van der Waals surface area contributed by atoms with Gasteiger partial charge in [-0.1, -0.05) is 18.2 Å². The summed E-state index contributed by atoms with van der Waals surface area (Å²) in [6.45, 7) is 3.65. The smallest absolute Gasteiger partial charge is 0.255 e. The Balaban J connectivity index is 1.82. The van der Waals surface area contributed by atoms with Gasteiger partial charge in [-0.15, -0.1) is 0 Å². The van der Waals surface area contributed by atoms with E-state index < -0.39 is 0 Å². The first-order valence-corrected chi connectivity index (χ1v) is 7.90. The molecule has 6 heteroatoms. The van der Waals surface area contributed by atoms with Crippen LogP contribution in [0.3, 0.4) is 0 Å². The molecule has 0 atom stereocenters. The van der Waals surface area contributed by atoms with Crippen LogP contribution < -0.4 is 10.9 Å². The molecule has 3 aromatic rings. The van der Waals surface area contributed by atoms with Crippen molar-refractivity contribution in [3.8, 4) is 11.4 Å². The van der Waals surface area contributed by atoms with E-state index in [2.05, 4.69) is 20.3 Å². The van der Waals surface area contributed by atoms with Crippen LogP contribution in [-0.4, -0.2) is 20.9 Å². The van der Waals surface area contributed by atoms with Crippen LogP contribution in [0, 0.1) is 13.8 Å². The maximum absolute atomic E-state index is 12.4. The summed E-state index contributed by atoms with van der Waals surface area (Å²) in [5.41, 5.74) is 3.07. The largest absolute Gasteiger partial charge is 0.326 e. The number of nitrogens with one attached hydrogen (secondary N) is 2. The average molecular weight is 334 g/mol. The normalized spacial score (nSPS) is 10.5. The highest BCUT2D eigenvalue weighted by Gasteiger charge is 2.14. The Morgan fingerprint density at radius 1 is 1.12 bits per heavy atom. The van der Waals surface area contributed by atoms with Crippen LogP contribution >= 0.6 is 0 Å². The zero-order valence-corrected chi connectivity index (χ0v) is 14.0. The van der Waals surface area contributed by atoms with Crippen molar-refractivity contribution < 1.29 is 4.79 Å². The fourth-order valence-corrected chi connectivity index (χ4v) is 2.53. The molecular formula is C19H18N4O2. The monoisotopic (exact) mass is 334 g/mol. The molecule has 0 saturated carbocycles. The molecule has 0 spiro atoms. The van der Waals surface area contributed by atoms with Gasteiger partial charge in [0.2, 0.25) is 5.91 Å². The number of para-hydroxylation sites is 1. The van der Waals surface area contributed by atoms with Crippen LogP contribution in [0.2, 0.25) is 0 Å². The van der Waals surface area contributed by atoms with E-state index >= 15 is 0 Å². The molecule has 0 aliphatic carbocycles. The summed E-state index contributed by atoms with van der Waals surface area (Å²) >= 11 is 0. The fraction of sp³-hybridized carbons (Fsp3) is 0.158. The number of aryl methyl sites for hydroxylation is 2. The third-order valence-electron chi connectivity index (χ3n) is 3.93. The lowest BCUT2D eigenvalue weighted by atomic mass is 10.1. The molecule has 2 heterocycles. The Hall–Kier alpha value is -3.28. The maximum atomic E-state index is 12.4. The Morgan fingerprint density at radius 3 is 2.52 bits per heavy atom. The third-order valence-corrected chi connectivity index (χ3v) is 3.93. The topological polar surface area (TPSA) is 87.7 Å². The van der Waals surface area contributed by atoms with E-state index in [0.29, 0.717) is 17.1 Å². The molecule has 25 heavy (non-hydrogen) atoms. The molecule has 0 radical (unpaired) electrons. The predicted molar refractivity (Wildman–Crippen MR) is 96.3 cm³/mol. The van der Waals surface area contributed by atoms with Crippen molar-refractivity contribution >= 4 is 11.6 Å². The molecule has 3 rings (SSSR count). The van der Waals surface area contributed by atoms with E-state index in [9.17, 15) is 9.59 Å². The number of amides is 1. The first kappa shape index (κ1) is 16.6. The van der Waals surface area contributed by atoms with Crippen LogP contribution in [0.5, 0.6) is 0 Å². The highest BCUT2D eigenvalue weighted by Crippen LogP contribution is 2.15. The van der Waals surface area contributed by atoms with Crippen molar-refractivity contribution in [3.05, 3.63) is 76.0 Å². The SMILES string of the molecule is Cc1ccccc1NC(=O)Cc1c(C)nc(-c2ccncc2)[nH]c1=O. The van der Waals surface area contributed by atoms with Crippen LogP contribution in [-0.2, 0) is 11.2 Å². The van der Waals surface area contributed by atoms with Crippen LogP contribution in [0.1, 0.15) is 16.8 Å². The van der Waals surface area contributed by atoms with Gasteiger partial charge in [0.1, 0.15) is 5.82 Å². The quantitative estimate of drug-likeness (QED) is 0.768. The number of aromatic nitrogens is 3. The van der Waals surface area contributed by atoms with Gasteiger partial charge in [-0.05, 0) is 37.6 Å². The Morgan fingerprint density at radius 2 is 1.84 bits per heavy atom.